The summed E-state index contributed by atoms with van der Waals surface area (Å²) in [5, 5.41) is 11.4. The molecule has 4 heterocycles. The number of fused-ring (bicyclic) bond motifs is 2. The van der Waals surface area contributed by atoms with Crippen molar-refractivity contribution >= 4 is 34.9 Å². The molecule has 0 aliphatic carbocycles. The minimum Gasteiger partial charge on any atom is -0.491 e. The number of H-pyrrole nitrogens is 1. The standard InChI is InChI=1S/C25H30N8O5/c26-20(34)7-6-18(31-25(36)37)24(35)32-10-8-15-3-1-5-19(17(15)11-32)38-12-16-4-2-9-33(16)23-21-22(28-13-27-21)29-14-30-23/h1,3,5,13-14,16,18,31H,2,4,6-12H2,(H2,26,34)(H,36,37)(H,27,28,29,30). The van der Waals surface area contributed by atoms with E-state index in [0.29, 0.717) is 31.0 Å². The molecule has 2 unspecified atom stereocenters. The van der Waals surface area contributed by atoms with Gasteiger partial charge in [-0.05, 0) is 37.3 Å². The fraction of sp³-hybridized carbons (Fsp3) is 0.440. The van der Waals surface area contributed by atoms with Crippen LogP contribution in [0.1, 0.15) is 36.8 Å². The Morgan fingerprint density at radius 1 is 1.24 bits per heavy atom. The number of imidazole rings is 1. The third-order valence-electron chi connectivity index (χ3n) is 7.10. The first-order chi connectivity index (χ1) is 18.4. The van der Waals surface area contributed by atoms with Crippen molar-refractivity contribution in [3.05, 3.63) is 42.0 Å². The van der Waals surface area contributed by atoms with Crippen molar-refractivity contribution in [2.45, 2.75) is 50.7 Å². The molecular formula is C25H30N8O5. The lowest BCUT2D eigenvalue weighted by atomic mass is 9.97. The van der Waals surface area contributed by atoms with Gasteiger partial charge >= 0.3 is 6.09 Å². The van der Waals surface area contributed by atoms with Gasteiger partial charge in [0, 0.05) is 31.6 Å². The summed E-state index contributed by atoms with van der Waals surface area (Å²) in [5.41, 5.74) is 8.62. The zero-order valence-electron chi connectivity index (χ0n) is 20.8. The van der Waals surface area contributed by atoms with Gasteiger partial charge in [0.2, 0.25) is 11.8 Å². The molecule has 0 saturated carbocycles. The van der Waals surface area contributed by atoms with Crippen LogP contribution in [-0.2, 0) is 22.6 Å². The van der Waals surface area contributed by atoms with Crippen LogP contribution in [-0.4, -0.2) is 79.6 Å². The number of carboxylic acid groups (broad SMARTS) is 1. The lowest BCUT2D eigenvalue weighted by Crippen LogP contribution is -2.49. The van der Waals surface area contributed by atoms with Gasteiger partial charge in [0.1, 0.15) is 30.2 Å². The lowest BCUT2D eigenvalue weighted by Gasteiger charge is -2.33. The van der Waals surface area contributed by atoms with Crippen molar-refractivity contribution in [1.29, 1.82) is 0 Å². The molecule has 38 heavy (non-hydrogen) atoms. The summed E-state index contributed by atoms with van der Waals surface area (Å²) in [6, 6.07) is 4.91. The molecule has 200 valence electrons. The predicted octanol–water partition coefficient (Wildman–Crippen LogP) is 1.19. The van der Waals surface area contributed by atoms with Crippen molar-refractivity contribution in [3.8, 4) is 5.75 Å². The van der Waals surface area contributed by atoms with Crippen molar-refractivity contribution in [1.82, 2.24) is 30.2 Å². The number of carbonyl (C=O) groups excluding carboxylic acids is 2. The highest BCUT2D eigenvalue weighted by Crippen LogP contribution is 2.31. The van der Waals surface area contributed by atoms with E-state index in [1.807, 2.05) is 18.2 Å². The van der Waals surface area contributed by atoms with Crippen molar-refractivity contribution in [3.63, 3.8) is 0 Å². The molecule has 3 aromatic rings. The number of carbonyl (C=O) groups is 3. The Hall–Kier alpha value is -4.42. The van der Waals surface area contributed by atoms with Crippen molar-refractivity contribution in [2.24, 2.45) is 5.73 Å². The van der Waals surface area contributed by atoms with Crippen molar-refractivity contribution < 1.29 is 24.2 Å². The second kappa shape index (κ2) is 10.9. The minimum absolute atomic E-state index is 0.00608. The summed E-state index contributed by atoms with van der Waals surface area (Å²) < 4.78 is 6.35. The maximum Gasteiger partial charge on any atom is 0.405 e. The molecular weight excluding hydrogens is 492 g/mol. The van der Waals surface area contributed by atoms with Crippen LogP contribution in [0, 0.1) is 0 Å². The van der Waals surface area contributed by atoms with E-state index in [9.17, 15) is 19.5 Å². The van der Waals surface area contributed by atoms with Crippen LogP contribution in [0.25, 0.3) is 11.2 Å². The summed E-state index contributed by atoms with van der Waals surface area (Å²) in [4.78, 5) is 55.6. The first-order valence-electron chi connectivity index (χ1n) is 12.6. The van der Waals surface area contributed by atoms with Gasteiger partial charge in [-0.1, -0.05) is 12.1 Å². The Morgan fingerprint density at radius 2 is 2.11 bits per heavy atom. The maximum absolute atomic E-state index is 13.2. The number of amides is 3. The molecule has 2 atom stereocenters. The molecule has 0 radical (unpaired) electrons. The van der Waals surface area contributed by atoms with Gasteiger partial charge in [0.05, 0.1) is 12.4 Å². The molecule has 5 rings (SSSR count). The smallest absolute Gasteiger partial charge is 0.405 e. The summed E-state index contributed by atoms with van der Waals surface area (Å²) in [6.45, 7) is 2.01. The monoisotopic (exact) mass is 522 g/mol. The summed E-state index contributed by atoms with van der Waals surface area (Å²) in [6.07, 6.45) is 4.28. The Labute approximate surface area is 218 Å². The molecule has 13 nitrogen and oxygen atoms in total. The van der Waals surface area contributed by atoms with Gasteiger partial charge in [0.25, 0.3) is 0 Å². The highest BCUT2D eigenvalue weighted by Gasteiger charge is 2.31. The first kappa shape index (κ1) is 25.2. The predicted molar refractivity (Wildman–Crippen MR) is 136 cm³/mol. The van der Waals surface area contributed by atoms with Crippen LogP contribution < -0.4 is 20.7 Å². The first-order valence-corrected chi connectivity index (χ1v) is 12.6. The second-order valence-corrected chi connectivity index (χ2v) is 9.51. The Morgan fingerprint density at radius 3 is 2.92 bits per heavy atom. The Balaban J connectivity index is 1.29. The van der Waals surface area contributed by atoms with E-state index in [2.05, 4.69) is 30.2 Å². The number of ether oxygens (including phenoxy) is 1. The summed E-state index contributed by atoms with van der Waals surface area (Å²) >= 11 is 0. The number of nitrogens with two attached hydrogens (primary N) is 1. The number of primary amides is 1. The number of nitrogens with one attached hydrogen (secondary N) is 2. The normalized spacial score (nSPS) is 17.7. The number of benzene rings is 1. The van der Waals surface area contributed by atoms with E-state index in [4.69, 9.17) is 10.5 Å². The summed E-state index contributed by atoms with van der Waals surface area (Å²) in [5.74, 6) is 0.522. The molecule has 13 heteroatoms. The average molecular weight is 523 g/mol. The number of nitrogens with zero attached hydrogens (tertiary/aromatic N) is 5. The molecule has 2 aliphatic heterocycles. The molecule has 0 bridgehead atoms. The second-order valence-electron chi connectivity index (χ2n) is 9.51. The number of hydrogen-bond donors (Lipinski definition) is 4. The molecule has 0 spiro atoms. The molecule has 3 amide bonds. The van der Waals surface area contributed by atoms with Crippen LogP contribution >= 0.6 is 0 Å². The SMILES string of the molecule is NC(=O)CCC(NC(=O)O)C(=O)N1CCc2cccc(OCC3CCCN3c3ncnc4nc[nH]c34)c2C1. The fourth-order valence-corrected chi connectivity index (χ4v) is 5.23. The topological polar surface area (TPSA) is 180 Å². The van der Waals surface area contributed by atoms with E-state index in [-0.39, 0.29) is 31.3 Å². The van der Waals surface area contributed by atoms with Crippen molar-refractivity contribution in [2.75, 3.05) is 24.6 Å². The minimum atomic E-state index is -1.33. The Kier molecular flexibility index (Phi) is 7.24. The van der Waals surface area contributed by atoms with E-state index >= 15 is 0 Å². The zero-order chi connectivity index (χ0) is 26.6. The van der Waals surface area contributed by atoms with Gasteiger partial charge < -0.3 is 35.7 Å². The largest absolute Gasteiger partial charge is 0.491 e. The van der Waals surface area contributed by atoms with E-state index < -0.39 is 18.0 Å². The van der Waals surface area contributed by atoms with Crippen LogP contribution in [0.15, 0.2) is 30.9 Å². The number of rotatable bonds is 9. The fourth-order valence-electron chi connectivity index (χ4n) is 5.23. The Bertz CT molecular complexity index is 1340. The highest BCUT2D eigenvalue weighted by molar-refractivity contribution is 5.86. The zero-order valence-corrected chi connectivity index (χ0v) is 20.8. The van der Waals surface area contributed by atoms with Gasteiger partial charge in [-0.25, -0.2) is 19.7 Å². The third-order valence-corrected chi connectivity index (χ3v) is 7.10. The number of hydrogen-bond acceptors (Lipinski definition) is 8. The van der Waals surface area contributed by atoms with E-state index in [1.54, 1.807) is 11.2 Å². The highest BCUT2D eigenvalue weighted by atomic mass is 16.5. The van der Waals surface area contributed by atoms with Gasteiger partial charge in [-0.2, -0.15) is 0 Å². The third kappa shape index (κ3) is 5.31. The number of aromatic amines is 1. The number of aromatic nitrogens is 4. The van der Waals surface area contributed by atoms with Gasteiger partial charge in [-0.15, -0.1) is 0 Å². The molecule has 2 aromatic heterocycles. The van der Waals surface area contributed by atoms with Crippen LogP contribution in [0.4, 0.5) is 10.6 Å². The lowest BCUT2D eigenvalue weighted by molar-refractivity contribution is -0.134. The molecule has 1 saturated heterocycles. The van der Waals surface area contributed by atoms with Crippen LogP contribution in [0.5, 0.6) is 5.75 Å². The number of anilines is 1. The quantitative estimate of drug-likeness (QED) is 0.321. The van der Waals surface area contributed by atoms with E-state index in [1.165, 1.54) is 6.33 Å². The van der Waals surface area contributed by atoms with Gasteiger partial charge in [0.15, 0.2) is 11.5 Å². The average Bonchev–Trinajstić information content (AvgIpc) is 3.58. The molecule has 1 aromatic carbocycles. The molecule has 5 N–H and O–H groups in total. The summed E-state index contributed by atoms with van der Waals surface area (Å²) in [7, 11) is 0. The van der Waals surface area contributed by atoms with Crippen LogP contribution in [0.2, 0.25) is 0 Å². The van der Waals surface area contributed by atoms with E-state index in [0.717, 1.165) is 41.8 Å². The molecule has 2 aliphatic rings. The van der Waals surface area contributed by atoms with Crippen LogP contribution in [0.3, 0.4) is 0 Å². The molecule has 1 fully saturated rings. The maximum atomic E-state index is 13.2. The van der Waals surface area contributed by atoms with Gasteiger partial charge in [-0.3, -0.25) is 9.59 Å².